The molecule has 1 unspecified atom stereocenters. The minimum absolute atomic E-state index is 0.291. The number of aromatic nitrogens is 4. The van der Waals surface area contributed by atoms with Crippen molar-refractivity contribution in [2.24, 2.45) is 5.92 Å². The largest absolute Gasteiger partial charge is 0.279 e. The molecule has 27 heavy (non-hydrogen) atoms. The first-order valence-electron chi connectivity index (χ1n) is 8.66. The maximum Gasteiger partial charge on any atom is 0.279 e. The number of nitrogens with zero attached hydrogens (tertiary/aromatic N) is 4. The molecule has 1 aliphatic carbocycles. The van der Waals surface area contributed by atoms with E-state index in [1.165, 1.54) is 32.8 Å². The molecule has 0 bridgehead atoms. The van der Waals surface area contributed by atoms with Crippen LogP contribution in [0.2, 0.25) is 0 Å². The van der Waals surface area contributed by atoms with Gasteiger partial charge in [-0.15, -0.1) is 16.4 Å². The van der Waals surface area contributed by atoms with Crippen molar-refractivity contribution >= 4 is 23.2 Å². The van der Waals surface area contributed by atoms with Gasteiger partial charge in [-0.3, -0.25) is 20.4 Å². The van der Waals surface area contributed by atoms with Gasteiger partial charge in [-0.05, 0) is 71.5 Å². The van der Waals surface area contributed by atoms with E-state index >= 15 is 0 Å². The van der Waals surface area contributed by atoms with Gasteiger partial charge in [0.05, 0.1) is 10.6 Å². The second-order valence-corrected chi connectivity index (χ2v) is 7.75. The van der Waals surface area contributed by atoms with Crippen LogP contribution in [0.5, 0.6) is 0 Å². The van der Waals surface area contributed by atoms with Gasteiger partial charge in [0.1, 0.15) is 6.33 Å². The van der Waals surface area contributed by atoms with Crippen LogP contribution in [0.25, 0.3) is 5.69 Å². The molecule has 2 amide bonds. The third-order valence-electron chi connectivity index (χ3n) is 4.59. The maximum atomic E-state index is 12.3. The highest BCUT2D eigenvalue weighted by Crippen LogP contribution is 2.32. The second kappa shape index (κ2) is 7.28. The molecule has 2 N–H and O–H groups in total. The van der Waals surface area contributed by atoms with Crippen molar-refractivity contribution < 1.29 is 9.59 Å². The predicted octanol–water partition coefficient (Wildman–Crippen LogP) is 1.92. The Morgan fingerprint density at radius 3 is 2.70 bits per heavy atom. The van der Waals surface area contributed by atoms with E-state index in [9.17, 15) is 9.59 Å². The number of aryl methyl sites for hydroxylation is 1. The summed E-state index contributed by atoms with van der Waals surface area (Å²) in [4.78, 5) is 26.5. The molecule has 2 aromatic heterocycles. The van der Waals surface area contributed by atoms with Gasteiger partial charge in [0.25, 0.3) is 11.8 Å². The normalized spacial score (nSPS) is 15.8. The minimum atomic E-state index is -0.387. The number of hydrogen-bond acceptors (Lipinski definition) is 6. The molecular formula is C18H18N6O2S. The lowest BCUT2D eigenvalue weighted by molar-refractivity contribution is 0.0849. The summed E-state index contributed by atoms with van der Waals surface area (Å²) in [6.45, 7) is 2.23. The van der Waals surface area contributed by atoms with Gasteiger partial charge < -0.3 is 0 Å². The number of carbonyl (C=O) groups is 2. The first kappa shape index (κ1) is 17.3. The molecule has 0 spiro atoms. The van der Waals surface area contributed by atoms with Crippen molar-refractivity contribution in [2.45, 2.75) is 26.2 Å². The SMILES string of the molecule is CC1CCc2sc(C(=O)NNC(=O)c3ccc(-n4cnnn4)cc3)cc2C1. The lowest BCUT2D eigenvalue weighted by atomic mass is 9.90. The number of tetrazole rings is 1. The number of hydrogen-bond donors (Lipinski definition) is 2. The molecule has 0 saturated heterocycles. The van der Waals surface area contributed by atoms with E-state index < -0.39 is 0 Å². The van der Waals surface area contributed by atoms with Gasteiger partial charge in [-0.25, -0.2) is 4.68 Å². The molecule has 1 atom stereocenters. The molecule has 0 saturated carbocycles. The number of carbonyl (C=O) groups excluding carboxylic acids is 2. The second-order valence-electron chi connectivity index (χ2n) is 6.62. The van der Waals surface area contributed by atoms with Crippen LogP contribution in [0.15, 0.2) is 36.7 Å². The van der Waals surface area contributed by atoms with E-state index in [1.54, 1.807) is 24.3 Å². The van der Waals surface area contributed by atoms with Crippen LogP contribution in [-0.4, -0.2) is 32.0 Å². The van der Waals surface area contributed by atoms with Crippen molar-refractivity contribution in [1.82, 2.24) is 31.1 Å². The van der Waals surface area contributed by atoms with E-state index in [2.05, 4.69) is 33.3 Å². The van der Waals surface area contributed by atoms with Gasteiger partial charge in [-0.1, -0.05) is 6.92 Å². The number of rotatable bonds is 3. The van der Waals surface area contributed by atoms with Crippen LogP contribution < -0.4 is 10.9 Å². The van der Waals surface area contributed by atoms with Gasteiger partial charge >= 0.3 is 0 Å². The first-order chi connectivity index (χ1) is 13.1. The Morgan fingerprint density at radius 2 is 1.96 bits per heavy atom. The summed E-state index contributed by atoms with van der Waals surface area (Å²) in [6.07, 6.45) is 4.66. The average molecular weight is 382 g/mol. The smallest absolute Gasteiger partial charge is 0.267 e. The molecule has 3 aromatic rings. The summed E-state index contributed by atoms with van der Waals surface area (Å²) < 4.78 is 1.49. The zero-order valence-corrected chi connectivity index (χ0v) is 15.5. The van der Waals surface area contributed by atoms with E-state index in [0.29, 0.717) is 16.4 Å². The van der Waals surface area contributed by atoms with Crippen LogP contribution in [0.3, 0.4) is 0 Å². The van der Waals surface area contributed by atoms with Crippen LogP contribution in [-0.2, 0) is 12.8 Å². The molecule has 2 heterocycles. The lowest BCUT2D eigenvalue weighted by Gasteiger charge is -2.16. The predicted molar refractivity (Wildman–Crippen MR) is 99.6 cm³/mol. The van der Waals surface area contributed by atoms with Crippen molar-refractivity contribution in [3.8, 4) is 5.69 Å². The van der Waals surface area contributed by atoms with E-state index in [-0.39, 0.29) is 11.8 Å². The quantitative estimate of drug-likeness (QED) is 0.674. The molecule has 0 aliphatic heterocycles. The Labute approximate surface area is 159 Å². The zero-order valence-electron chi connectivity index (χ0n) is 14.7. The highest BCUT2D eigenvalue weighted by atomic mass is 32.1. The third kappa shape index (κ3) is 3.72. The Kier molecular flexibility index (Phi) is 4.68. The summed E-state index contributed by atoms with van der Waals surface area (Å²) in [7, 11) is 0. The average Bonchev–Trinajstić information content (AvgIpc) is 3.35. The fourth-order valence-electron chi connectivity index (χ4n) is 3.11. The molecule has 0 fully saturated rings. The van der Waals surface area contributed by atoms with Crippen molar-refractivity contribution in [3.63, 3.8) is 0 Å². The summed E-state index contributed by atoms with van der Waals surface area (Å²) in [5, 5.41) is 10.9. The molecule has 8 nitrogen and oxygen atoms in total. The molecule has 9 heteroatoms. The number of fused-ring (bicyclic) bond motifs is 1. The maximum absolute atomic E-state index is 12.3. The molecule has 1 aromatic carbocycles. The van der Waals surface area contributed by atoms with Crippen molar-refractivity contribution in [3.05, 3.63) is 57.5 Å². The molecular weight excluding hydrogens is 364 g/mol. The first-order valence-corrected chi connectivity index (χ1v) is 9.47. The lowest BCUT2D eigenvalue weighted by Crippen LogP contribution is -2.41. The van der Waals surface area contributed by atoms with Crippen molar-refractivity contribution in [2.75, 3.05) is 0 Å². The Balaban J connectivity index is 1.37. The minimum Gasteiger partial charge on any atom is -0.267 e. The third-order valence-corrected chi connectivity index (χ3v) is 5.82. The van der Waals surface area contributed by atoms with Crippen molar-refractivity contribution in [1.29, 1.82) is 0 Å². The van der Waals surface area contributed by atoms with Gasteiger partial charge in [0.2, 0.25) is 0 Å². The van der Waals surface area contributed by atoms with Gasteiger partial charge in [0.15, 0.2) is 0 Å². The summed E-state index contributed by atoms with van der Waals surface area (Å²) in [6, 6.07) is 8.68. The summed E-state index contributed by atoms with van der Waals surface area (Å²) >= 11 is 1.51. The number of nitrogens with one attached hydrogen (secondary N) is 2. The fourth-order valence-corrected chi connectivity index (χ4v) is 4.21. The molecule has 1 aliphatic rings. The number of hydrazine groups is 1. The van der Waals surface area contributed by atoms with E-state index in [1.807, 2.05) is 6.07 Å². The number of amides is 2. The molecule has 4 rings (SSSR count). The summed E-state index contributed by atoms with van der Waals surface area (Å²) in [5.74, 6) is -0.0266. The van der Waals surface area contributed by atoms with Crippen LogP contribution in [0, 0.1) is 5.92 Å². The van der Waals surface area contributed by atoms with Crippen LogP contribution in [0.4, 0.5) is 0 Å². The standard InChI is InChI=1S/C18H18N6O2S/c1-11-2-7-15-13(8-11)9-16(27-15)18(26)21-20-17(25)12-3-5-14(6-4-12)24-10-19-22-23-24/h3-6,9-11H,2,7-8H2,1H3,(H,20,25)(H,21,26). The zero-order chi connectivity index (χ0) is 18.8. The topological polar surface area (TPSA) is 102 Å². The van der Waals surface area contributed by atoms with Crippen LogP contribution >= 0.6 is 11.3 Å². The van der Waals surface area contributed by atoms with Gasteiger partial charge in [-0.2, -0.15) is 0 Å². The highest BCUT2D eigenvalue weighted by Gasteiger charge is 2.21. The summed E-state index contributed by atoms with van der Waals surface area (Å²) in [5.41, 5.74) is 7.37. The monoisotopic (exact) mass is 382 g/mol. The Hall–Kier alpha value is -3.07. The number of thiophene rings is 1. The fraction of sp³-hybridized carbons (Fsp3) is 0.278. The Bertz CT molecular complexity index is 964. The molecule has 0 radical (unpaired) electrons. The highest BCUT2D eigenvalue weighted by molar-refractivity contribution is 7.14. The van der Waals surface area contributed by atoms with E-state index in [0.717, 1.165) is 24.9 Å². The Morgan fingerprint density at radius 1 is 1.19 bits per heavy atom. The van der Waals surface area contributed by atoms with Crippen LogP contribution in [0.1, 0.15) is 43.8 Å². The molecule has 138 valence electrons. The van der Waals surface area contributed by atoms with E-state index in [4.69, 9.17) is 0 Å². The van der Waals surface area contributed by atoms with Gasteiger partial charge in [0, 0.05) is 10.4 Å². The number of benzene rings is 1.